The fourth-order valence-electron chi connectivity index (χ4n) is 2.69. The molecule has 5 nitrogen and oxygen atoms in total. The number of carbonyl (C=O) groups is 1. The number of carbonyl (C=O) groups excluding carboxylic acids is 1. The SMILES string of the molecule is CCS(=O)(=O)N1CCN(C(=O)CCc2ccccc2C)CC1. The molecular weight excluding hydrogens is 300 g/mol. The summed E-state index contributed by atoms with van der Waals surface area (Å²) in [5, 5.41) is 0. The largest absolute Gasteiger partial charge is 0.340 e. The van der Waals surface area contributed by atoms with Crippen LogP contribution in [0.1, 0.15) is 24.5 Å². The lowest BCUT2D eigenvalue weighted by Gasteiger charge is -2.34. The van der Waals surface area contributed by atoms with Crippen LogP contribution in [0.25, 0.3) is 0 Å². The van der Waals surface area contributed by atoms with Crippen LogP contribution in [0.4, 0.5) is 0 Å². The zero-order valence-corrected chi connectivity index (χ0v) is 14.1. The first-order valence-corrected chi connectivity index (χ1v) is 9.35. The van der Waals surface area contributed by atoms with E-state index in [1.54, 1.807) is 11.8 Å². The van der Waals surface area contributed by atoms with Crippen LogP contribution in [0.2, 0.25) is 0 Å². The molecule has 1 amide bonds. The third-order valence-electron chi connectivity index (χ3n) is 4.22. The van der Waals surface area contributed by atoms with Crippen molar-refractivity contribution in [2.45, 2.75) is 26.7 Å². The van der Waals surface area contributed by atoms with Gasteiger partial charge in [0.1, 0.15) is 0 Å². The molecule has 22 heavy (non-hydrogen) atoms. The lowest BCUT2D eigenvalue weighted by atomic mass is 10.0. The average molecular weight is 324 g/mol. The highest BCUT2D eigenvalue weighted by Crippen LogP contribution is 2.13. The molecule has 0 aliphatic carbocycles. The Morgan fingerprint density at radius 3 is 2.36 bits per heavy atom. The van der Waals surface area contributed by atoms with E-state index in [1.807, 2.05) is 31.2 Å². The number of nitrogens with zero attached hydrogens (tertiary/aromatic N) is 2. The summed E-state index contributed by atoms with van der Waals surface area (Å²) in [5.41, 5.74) is 2.40. The van der Waals surface area contributed by atoms with Crippen LogP contribution >= 0.6 is 0 Å². The molecule has 1 aromatic carbocycles. The van der Waals surface area contributed by atoms with Gasteiger partial charge in [0.05, 0.1) is 5.75 Å². The van der Waals surface area contributed by atoms with E-state index in [2.05, 4.69) is 0 Å². The molecular formula is C16H24N2O3S. The Hall–Kier alpha value is -1.40. The number of rotatable bonds is 5. The Labute approximate surface area is 133 Å². The van der Waals surface area contributed by atoms with Crippen LogP contribution in [0.15, 0.2) is 24.3 Å². The van der Waals surface area contributed by atoms with Crippen LogP contribution in [-0.4, -0.2) is 55.5 Å². The van der Waals surface area contributed by atoms with Gasteiger partial charge in [-0.25, -0.2) is 8.42 Å². The molecule has 6 heteroatoms. The van der Waals surface area contributed by atoms with Gasteiger partial charge in [0.25, 0.3) is 0 Å². The summed E-state index contributed by atoms with van der Waals surface area (Å²) in [4.78, 5) is 14.0. The summed E-state index contributed by atoms with van der Waals surface area (Å²) in [6.07, 6.45) is 1.21. The van der Waals surface area contributed by atoms with Gasteiger partial charge in [0.15, 0.2) is 0 Å². The molecule has 0 spiro atoms. The Morgan fingerprint density at radius 1 is 1.14 bits per heavy atom. The Kier molecular flexibility index (Phi) is 5.58. The summed E-state index contributed by atoms with van der Waals surface area (Å²) in [6, 6.07) is 8.08. The molecule has 0 saturated carbocycles. The van der Waals surface area contributed by atoms with E-state index in [4.69, 9.17) is 0 Å². The zero-order chi connectivity index (χ0) is 16.2. The van der Waals surface area contributed by atoms with Crippen LogP contribution in [0.3, 0.4) is 0 Å². The molecule has 1 saturated heterocycles. The van der Waals surface area contributed by atoms with E-state index < -0.39 is 10.0 Å². The highest BCUT2D eigenvalue weighted by Gasteiger charge is 2.27. The lowest BCUT2D eigenvalue weighted by Crippen LogP contribution is -2.50. The normalized spacial score (nSPS) is 16.7. The maximum absolute atomic E-state index is 12.3. The molecule has 1 aliphatic heterocycles. The van der Waals surface area contributed by atoms with E-state index in [9.17, 15) is 13.2 Å². The molecule has 122 valence electrons. The number of amides is 1. The van der Waals surface area contributed by atoms with Gasteiger partial charge in [-0.3, -0.25) is 4.79 Å². The summed E-state index contributed by atoms with van der Waals surface area (Å²) in [7, 11) is -3.14. The third-order valence-corrected chi connectivity index (χ3v) is 6.10. The smallest absolute Gasteiger partial charge is 0.222 e. The van der Waals surface area contributed by atoms with Crippen LogP contribution < -0.4 is 0 Å². The van der Waals surface area contributed by atoms with E-state index in [1.165, 1.54) is 15.4 Å². The minimum Gasteiger partial charge on any atom is -0.340 e. The Morgan fingerprint density at radius 2 is 1.77 bits per heavy atom. The fraction of sp³-hybridized carbons (Fsp3) is 0.562. The van der Waals surface area contributed by atoms with Crippen LogP contribution in [-0.2, 0) is 21.2 Å². The number of hydrogen-bond acceptors (Lipinski definition) is 3. The molecule has 1 fully saturated rings. The van der Waals surface area contributed by atoms with E-state index in [0.717, 1.165) is 6.42 Å². The average Bonchev–Trinajstić information content (AvgIpc) is 2.54. The van der Waals surface area contributed by atoms with Gasteiger partial charge in [0, 0.05) is 32.6 Å². The summed E-state index contributed by atoms with van der Waals surface area (Å²) in [6.45, 7) is 5.50. The van der Waals surface area contributed by atoms with Gasteiger partial charge >= 0.3 is 0 Å². The van der Waals surface area contributed by atoms with Gasteiger partial charge in [-0.15, -0.1) is 0 Å². The number of aryl methyl sites for hydroxylation is 2. The van der Waals surface area contributed by atoms with Gasteiger partial charge in [-0.1, -0.05) is 24.3 Å². The van der Waals surface area contributed by atoms with E-state index in [0.29, 0.717) is 32.6 Å². The topological polar surface area (TPSA) is 57.7 Å². The molecule has 1 heterocycles. The van der Waals surface area contributed by atoms with Crippen LogP contribution in [0, 0.1) is 6.92 Å². The molecule has 0 N–H and O–H groups in total. The van der Waals surface area contributed by atoms with Crippen molar-refractivity contribution in [1.29, 1.82) is 0 Å². The van der Waals surface area contributed by atoms with Gasteiger partial charge in [-0.2, -0.15) is 4.31 Å². The molecule has 0 atom stereocenters. The van der Waals surface area contributed by atoms with Crippen LogP contribution in [0.5, 0.6) is 0 Å². The first-order valence-electron chi connectivity index (χ1n) is 7.74. The molecule has 0 aromatic heterocycles. The molecule has 0 unspecified atom stereocenters. The first kappa shape index (κ1) is 17.0. The van der Waals surface area contributed by atoms with Crippen molar-refractivity contribution in [2.75, 3.05) is 31.9 Å². The second kappa shape index (κ2) is 7.24. The minimum atomic E-state index is -3.14. The lowest BCUT2D eigenvalue weighted by molar-refractivity contribution is -0.132. The molecule has 1 aliphatic rings. The highest BCUT2D eigenvalue weighted by molar-refractivity contribution is 7.89. The Balaban J connectivity index is 1.84. The predicted molar refractivity (Wildman–Crippen MR) is 87.1 cm³/mol. The maximum Gasteiger partial charge on any atom is 0.222 e. The van der Waals surface area contributed by atoms with Crippen molar-refractivity contribution in [2.24, 2.45) is 0 Å². The summed E-state index contributed by atoms with van der Waals surface area (Å²) >= 11 is 0. The van der Waals surface area contributed by atoms with Gasteiger partial charge < -0.3 is 4.90 Å². The fourth-order valence-corrected chi connectivity index (χ4v) is 3.77. The standard InChI is InChI=1S/C16H24N2O3S/c1-3-22(20,21)18-12-10-17(11-13-18)16(19)9-8-15-7-5-4-6-14(15)2/h4-7H,3,8-13H2,1-2H3. The predicted octanol–water partition coefficient (Wildman–Crippen LogP) is 1.42. The first-order chi connectivity index (χ1) is 10.4. The monoisotopic (exact) mass is 324 g/mol. The number of sulfonamides is 1. The number of piperazine rings is 1. The molecule has 2 rings (SSSR count). The second-order valence-electron chi connectivity index (χ2n) is 5.61. The molecule has 0 radical (unpaired) electrons. The van der Waals surface area contributed by atoms with Gasteiger partial charge in [-0.05, 0) is 31.4 Å². The zero-order valence-electron chi connectivity index (χ0n) is 13.3. The maximum atomic E-state index is 12.3. The Bertz CT molecular complexity index is 620. The summed E-state index contributed by atoms with van der Waals surface area (Å²) < 4.78 is 25.1. The van der Waals surface area contributed by atoms with Crippen molar-refractivity contribution in [3.8, 4) is 0 Å². The summed E-state index contributed by atoms with van der Waals surface area (Å²) in [5.74, 6) is 0.227. The van der Waals surface area contributed by atoms with Crippen molar-refractivity contribution in [3.63, 3.8) is 0 Å². The number of hydrogen-bond donors (Lipinski definition) is 0. The van der Waals surface area contributed by atoms with E-state index >= 15 is 0 Å². The quantitative estimate of drug-likeness (QED) is 0.823. The van der Waals surface area contributed by atoms with E-state index in [-0.39, 0.29) is 11.7 Å². The molecule has 0 bridgehead atoms. The molecule has 1 aromatic rings. The van der Waals surface area contributed by atoms with Crippen molar-refractivity contribution >= 4 is 15.9 Å². The third kappa shape index (κ3) is 4.08. The van der Waals surface area contributed by atoms with Gasteiger partial charge in [0.2, 0.25) is 15.9 Å². The minimum absolute atomic E-state index is 0.108. The highest BCUT2D eigenvalue weighted by atomic mass is 32.2. The van der Waals surface area contributed by atoms with Crippen molar-refractivity contribution < 1.29 is 13.2 Å². The van der Waals surface area contributed by atoms with Crippen molar-refractivity contribution in [1.82, 2.24) is 9.21 Å². The number of benzene rings is 1. The van der Waals surface area contributed by atoms with Crippen molar-refractivity contribution in [3.05, 3.63) is 35.4 Å². The second-order valence-corrected chi connectivity index (χ2v) is 7.86.